The Balaban J connectivity index is 1.88. The first-order valence-corrected chi connectivity index (χ1v) is 9.08. The van der Waals surface area contributed by atoms with Gasteiger partial charge < -0.3 is 9.88 Å². The molecule has 122 valence electrons. The summed E-state index contributed by atoms with van der Waals surface area (Å²) in [6.45, 7) is 1.85. The van der Waals surface area contributed by atoms with Crippen molar-refractivity contribution in [2.24, 2.45) is 5.14 Å². The summed E-state index contributed by atoms with van der Waals surface area (Å²) < 4.78 is 25.3. The molecule has 1 amide bonds. The number of rotatable bonds is 5. The molecule has 7 heteroatoms. The molecule has 1 aliphatic rings. The van der Waals surface area contributed by atoms with E-state index in [4.69, 9.17) is 5.14 Å². The Kier molecular flexibility index (Phi) is 3.99. The summed E-state index contributed by atoms with van der Waals surface area (Å²) in [6, 6.07) is 8.77. The highest BCUT2D eigenvalue weighted by atomic mass is 32.2. The monoisotopic (exact) mass is 333 g/mol. The predicted octanol–water partition coefficient (Wildman–Crippen LogP) is 2.29. The highest BCUT2D eigenvalue weighted by Gasteiger charge is 2.26. The van der Waals surface area contributed by atoms with Crippen molar-refractivity contribution >= 4 is 21.6 Å². The molecule has 0 radical (unpaired) electrons. The Morgan fingerprint density at radius 1 is 1.35 bits per heavy atom. The van der Waals surface area contributed by atoms with Crippen LogP contribution in [0.1, 0.15) is 41.9 Å². The van der Waals surface area contributed by atoms with Crippen molar-refractivity contribution in [2.75, 3.05) is 5.32 Å². The number of amides is 1. The molecular weight excluding hydrogens is 314 g/mol. The average molecular weight is 333 g/mol. The third-order valence-electron chi connectivity index (χ3n) is 3.96. The first-order valence-electron chi connectivity index (χ1n) is 7.54. The van der Waals surface area contributed by atoms with Crippen LogP contribution in [0.2, 0.25) is 0 Å². The van der Waals surface area contributed by atoms with Crippen molar-refractivity contribution in [3.8, 4) is 0 Å². The van der Waals surface area contributed by atoms with E-state index in [1.165, 1.54) is 6.07 Å². The smallest absolute Gasteiger partial charge is 0.272 e. The van der Waals surface area contributed by atoms with Crippen molar-refractivity contribution in [3.05, 3.63) is 47.8 Å². The molecule has 1 aliphatic carbocycles. The van der Waals surface area contributed by atoms with E-state index < -0.39 is 10.0 Å². The lowest BCUT2D eigenvalue weighted by Gasteiger charge is -2.11. The normalized spacial score (nSPS) is 14.7. The second-order valence-electron chi connectivity index (χ2n) is 5.71. The second-order valence-corrected chi connectivity index (χ2v) is 7.24. The van der Waals surface area contributed by atoms with Crippen molar-refractivity contribution in [1.29, 1.82) is 0 Å². The van der Waals surface area contributed by atoms with Crippen LogP contribution in [0.5, 0.6) is 0 Å². The van der Waals surface area contributed by atoms with Gasteiger partial charge in [0.2, 0.25) is 10.0 Å². The van der Waals surface area contributed by atoms with Gasteiger partial charge in [-0.25, -0.2) is 13.6 Å². The number of nitrogens with one attached hydrogen (secondary N) is 1. The quantitative estimate of drug-likeness (QED) is 0.879. The zero-order valence-electron chi connectivity index (χ0n) is 12.8. The number of hydrogen-bond acceptors (Lipinski definition) is 3. The Morgan fingerprint density at radius 3 is 2.70 bits per heavy atom. The van der Waals surface area contributed by atoms with Crippen LogP contribution in [-0.4, -0.2) is 18.9 Å². The summed E-state index contributed by atoms with van der Waals surface area (Å²) in [5, 5.41) is 8.01. The predicted molar refractivity (Wildman–Crippen MR) is 87.8 cm³/mol. The number of aromatic nitrogens is 1. The molecule has 1 aromatic carbocycles. The molecule has 0 unspecified atom stereocenters. The first-order chi connectivity index (χ1) is 10.9. The van der Waals surface area contributed by atoms with E-state index in [0.717, 1.165) is 12.8 Å². The molecule has 1 fully saturated rings. The van der Waals surface area contributed by atoms with Gasteiger partial charge in [0.05, 0.1) is 4.90 Å². The van der Waals surface area contributed by atoms with Gasteiger partial charge in [-0.1, -0.05) is 13.0 Å². The van der Waals surface area contributed by atoms with Gasteiger partial charge in [0.1, 0.15) is 5.69 Å². The molecule has 3 rings (SSSR count). The van der Waals surface area contributed by atoms with Crippen LogP contribution in [0.25, 0.3) is 0 Å². The minimum atomic E-state index is -3.83. The van der Waals surface area contributed by atoms with Crippen LogP contribution in [0.3, 0.4) is 0 Å². The van der Waals surface area contributed by atoms with E-state index in [1.807, 2.05) is 23.8 Å². The average Bonchev–Trinajstić information content (AvgIpc) is 3.23. The summed E-state index contributed by atoms with van der Waals surface area (Å²) in [6.07, 6.45) is 4.60. The number of nitrogens with zero attached hydrogens (tertiary/aromatic N) is 1. The van der Waals surface area contributed by atoms with Gasteiger partial charge in [0.15, 0.2) is 0 Å². The summed E-state index contributed by atoms with van der Waals surface area (Å²) in [7, 11) is -3.83. The molecule has 3 N–H and O–H groups in total. The Morgan fingerprint density at radius 2 is 2.09 bits per heavy atom. The number of anilines is 1. The molecular formula is C16H19N3O3S. The molecule has 1 heterocycles. The summed E-state index contributed by atoms with van der Waals surface area (Å²) >= 11 is 0. The van der Waals surface area contributed by atoms with E-state index in [1.54, 1.807) is 18.2 Å². The van der Waals surface area contributed by atoms with Gasteiger partial charge in [0.25, 0.3) is 5.91 Å². The van der Waals surface area contributed by atoms with Crippen LogP contribution in [0, 0.1) is 0 Å². The van der Waals surface area contributed by atoms with Crippen LogP contribution in [0.4, 0.5) is 5.69 Å². The number of nitrogens with two attached hydrogens (primary N) is 1. The highest BCUT2D eigenvalue weighted by Crippen LogP contribution is 2.36. The summed E-state index contributed by atoms with van der Waals surface area (Å²) in [4.78, 5) is 12.5. The van der Waals surface area contributed by atoms with Crippen molar-refractivity contribution < 1.29 is 13.2 Å². The lowest BCUT2D eigenvalue weighted by Crippen LogP contribution is -2.18. The standard InChI is InChI=1S/C16H19N3O3S/c1-2-11-5-6-12(10-15(11)23(17,21)22)18-16(20)14-4-3-9-19(14)13-7-8-13/h3-6,9-10,13H,2,7-8H2,1H3,(H,18,20)(H2,17,21,22). The lowest BCUT2D eigenvalue weighted by atomic mass is 10.1. The van der Waals surface area contributed by atoms with Crippen molar-refractivity contribution in [2.45, 2.75) is 37.1 Å². The first kappa shape index (κ1) is 15.8. The molecule has 23 heavy (non-hydrogen) atoms. The fourth-order valence-electron chi connectivity index (χ4n) is 2.64. The molecule has 0 spiro atoms. The summed E-state index contributed by atoms with van der Waals surface area (Å²) in [5.74, 6) is -0.258. The van der Waals surface area contributed by atoms with Crippen LogP contribution in [0.15, 0.2) is 41.4 Å². The number of sulfonamides is 1. The Bertz CT molecular complexity index is 851. The number of aryl methyl sites for hydroxylation is 1. The van der Waals surface area contributed by atoms with Gasteiger partial charge in [-0.2, -0.15) is 0 Å². The van der Waals surface area contributed by atoms with Crippen LogP contribution >= 0.6 is 0 Å². The van der Waals surface area contributed by atoms with E-state index in [9.17, 15) is 13.2 Å². The second kappa shape index (κ2) is 5.82. The van der Waals surface area contributed by atoms with E-state index in [0.29, 0.717) is 29.4 Å². The maximum atomic E-state index is 12.4. The molecule has 2 aromatic rings. The van der Waals surface area contributed by atoms with Gasteiger partial charge in [0, 0.05) is 17.9 Å². The topological polar surface area (TPSA) is 94.2 Å². The molecule has 6 nitrogen and oxygen atoms in total. The molecule has 1 saturated carbocycles. The number of primary sulfonamides is 1. The van der Waals surface area contributed by atoms with Crippen molar-refractivity contribution in [1.82, 2.24) is 4.57 Å². The Hall–Kier alpha value is -2.12. The minimum absolute atomic E-state index is 0.0513. The lowest BCUT2D eigenvalue weighted by molar-refractivity contribution is 0.101. The fourth-order valence-corrected chi connectivity index (χ4v) is 3.51. The minimum Gasteiger partial charge on any atom is -0.340 e. The van der Waals surface area contributed by atoms with E-state index in [-0.39, 0.29) is 10.8 Å². The fraction of sp³-hybridized carbons (Fsp3) is 0.312. The van der Waals surface area contributed by atoms with Gasteiger partial charge in [-0.05, 0) is 49.1 Å². The number of benzene rings is 1. The van der Waals surface area contributed by atoms with Crippen LogP contribution in [-0.2, 0) is 16.4 Å². The molecule has 0 atom stereocenters. The maximum Gasteiger partial charge on any atom is 0.272 e. The maximum absolute atomic E-state index is 12.4. The van der Waals surface area contributed by atoms with E-state index >= 15 is 0 Å². The summed E-state index contributed by atoms with van der Waals surface area (Å²) in [5.41, 5.74) is 1.62. The molecule has 0 bridgehead atoms. The van der Waals surface area contributed by atoms with Gasteiger partial charge in [-0.15, -0.1) is 0 Å². The van der Waals surface area contributed by atoms with Crippen molar-refractivity contribution in [3.63, 3.8) is 0 Å². The van der Waals surface area contributed by atoms with Gasteiger partial charge in [-0.3, -0.25) is 4.79 Å². The zero-order chi connectivity index (χ0) is 16.6. The molecule has 0 aliphatic heterocycles. The Labute approximate surface area is 135 Å². The third-order valence-corrected chi connectivity index (χ3v) is 4.96. The van der Waals surface area contributed by atoms with Gasteiger partial charge >= 0.3 is 0 Å². The number of carbonyl (C=O) groups is 1. The third kappa shape index (κ3) is 3.30. The largest absolute Gasteiger partial charge is 0.340 e. The molecule has 1 aromatic heterocycles. The molecule has 0 saturated heterocycles. The van der Waals surface area contributed by atoms with Crippen LogP contribution < -0.4 is 10.5 Å². The SMILES string of the molecule is CCc1ccc(NC(=O)c2cccn2C2CC2)cc1S(N)(=O)=O. The van der Waals surface area contributed by atoms with E-state index in [2.05, 4.69) is 5.32 Å². The highest BCUT2D eigenvalue weighted by molar-refractivity contribution is 7.89. The number of carbonyl (C=O) groups excluding carboxylic acids is 1. The zero-order valence-corrected chi connectivity index (χ0v) is 13.6. The number of hydrogen-bond donors (Lipinski definition) is 2.